The van der Waals surface area contributed by atoms with E-state index in [9.17, 15) is 4.79 Å². The number of carbonyl (C=O) groups is 1. The maximum atomic E-state index is 12.3. The van der Waals surface area contributed by atoms with Crippen LogP contribution in [-0.4, -0.2) is 17.9 Å². The summed E-state index contributed by atoms with van der Waals surface area (Å²) in [6.45, 7) is 1.91. The van der Waals surface area contributed by atoms with E-state index in [-0.39, 0.29) is 5.91 Å². The molecule has 86 valence electrons. The fourth-order valence-corrected chi connectivity index (χ4v) is 1.64. The zero-order valence-electron chi connectivity index (χ0n) is 9.92. The molecular weight excluding hydrogens is 212 g/mol. The molecule has 0 aliphatic carbocycles. The Morgan fingerprint density at radius 1 is 1.18 bits per heavy atom. The van der Waals surface area contributed by atoms with Gasteiger partial charge in [-0.25, -0.2) is 0 Å². The Balaban J connectivity index is 2.30. The first-order chi connectivity index (χ1) is 8.20. The summed E-state index contributed by atoms with van der Waals surface area (Å²) in [5.41, 5.74) is 2.45. The summed E-state index contributed by atoms with van der Waals surface area (Å²) in [6, 6.07) is 11.4. The van der Waals surface area contributed by atoms with Crippen LogP contribution >= 0.6 is 0 Å². The van der Waals surface area contributed by atoms with Gasteiger partial charge in [-0.1, -0.05) is 18.2 Å². The summed E-state index contributed by atoms with van der Waals surface area (Å²) in [5.74, 6) is -0.0400. The van der Waals surface area contributed by atoms with Gasteiger partial charge in [0.05, 0.1) is 5.56 Å². The Kier molecular flexibility index (Phi) is 3.19. The van der Waals surface area contributed by atoms with Crippen molar-refractivity contribution in [3.63, 3.8) is 0 Å². The largest absolute Gasteiger partial charge is 0.311 e. The predicted molar refractivity (Wildman–Crippen MR) is 68.1 cm³/mol. The molecule has 1 aromatic carbocycles. The summed E-state index contributed by atoms with van der Waals surface area (Å²) in [4.78, 5) is 17.9. The minimum absolute atomic E-state index is 0.0400. The molecule has 1 heterocycles. The smallest absolute Gasteiger partial charge is 0.259 e. The van der Waals surface area contributed by atoms with Gasteiger partial charge in [0.15, 0.2) is 0 Å². The van der Waals surface area contributed by atoms with Crippen LogP contribution in [0.5, 0.6) is 0 Å². The molecule has 0 radical (unpaired) electrons. The highest BCUT2D eigenvalue weighted by Gasteiger charge is 2.15. The van der Waals surface area contributed by atoms with Gasteiger partial charge in [0.2, 0.25) is 0 Å². The van der Waals surface area contributed by atoms with E-state index in [4.69, 9.17) is 0 Å². The highest BCUT2D eigenvalue weighted by Crippen LogP contribution is 2.16. The van der Waals surface area contributed by atoms with Crippen LogP contribution in [-0.2, 0) is 0 Å². The lowest BCUT2D eigenvalue weighted by Gasteiger charge is -2.18. The normalized spacial score (nSPS) is 10.0. The van der Waals surface area contributed by atoms with Gasteiger partial charge in [-0.05, 0) is 30.7 Å². The van der Waals surface area contributed by atoms with E-state index >= 15 is 0 Å². The zero-order chi connectivity index (χ0) is 12.3. The van der Waals surface area contributed by atoms with Crippen LogP contribution in [0.2, 0.25) is 0 Å². The highest BCUT2D eigenvalue weighted by atomic mass is 16.2. The molecule has 2 rings (SSSR count). The minimum atomic E-state index is -0.0400. The van der Waals surface area contributed by atoms with E-state index < -0.39 is 0 Å². The fourth-order valence-electron chi connectivity index (χ4n) is 1.64. The Hall–Kier alpha value is -2.16. The monoisotopic (exact) mass is 226 g/mol. The number of aromatic nitrogens is 1. The number of amides is 1. The predicted octanol–water partition coefficient (Wildman–Crippen LogP) is 2.67. The van der Waals surface area contributed by atoms with Crippen molar-refractivity contribution in [2.24, 2.45) is 0 Å². The molecule has 0 N–H and O–H groups in total. The van der Waals surface area contributed by atoms with Gasteiger partial charge in [-0.2, -0.15) is 0 Å². The molecule has 3 nitrogen and oxygen atoms in total. The topological polar surface area (TPSA) is 33.2 Å². The second-order valence-corrected chi connectivity index (χ2v) is 3.89. The fraction of sp³-hybridized carbons (Fsp3) is 0.143. The van der Waals surface area contributed by atoms with Gasteiger partial charge in [0.25, 0.3) is 5.91 Å². The number of aryl methyl sites for hydroxylation is 1. The first kappa shape index (κ1) is 11.3. The number of hydrogen-bond acceptors (Lipinski definition) is 2. The molecule has 0 aliphatic rings. The van der Waals surface area contributed by atoms with Crippen LogP contribution in [0, 0.1) is 6.92 Å². The van der Waals surface area contributed by atoms with Crippen molar-refractivity contribution < 1.29 is 4.79 Å². The van der Waals surface area contributed by atoms with Gasteiger partial charge >= 0.3 is 0 Å². The molecule has 0 spiro atoms. The van der Waals surface area contributed by atoms with Crippen molar-refractivity contribution in [2.45, 2.75) is 6.92 Å². The standard InChI is InChI=1S/C14H14N2O/c1-11-8-9-15-10-13(11)14(17)16(2)12-6-4-3-5-7-12/h3-10H,1-2H3. The van der Waals surface area contributed by atoms with Gasteiger partial charge in [0.1, 0.15) is 0 Å². The number of carbonyl (C=O) groups excluding carboxylic acids is 1. The minimum Gasteiger partial charge on any atom is -0.311 e. The van der Waals surface area contributed by atoms with Crippen LogP contribution < -0.4 is 4.90 Å². The second kappa shape index (κ2) is 4.78. The third kappa shape index (κ3) is 2.33. The summed E-state index contributed by atoms with van der Waals surface area (Å²) in [5, 5.41) is 0. The van der Waals surface area contributed by atoms with Crippen molar-refractivity contribution in [2.75, 3.05) is 11.9 Å². The maximum absolute atomic E-state index is 12.3. The quantitative estimate of drug-likeness (QED) is 0.788. The van der Waals surface area contributed by atoms with Crippen molar-refractivity contribution in [1.29, 1.82) is 0 Å². The summed E-state index contributed by atoms with van der Waals surface area (Å²) < 4.78 is 0. The lowest BCUT2D eigenvalue weighted by Crippen LogP contribution is -2.26. The van der Waals surface area contributed by atoms with E-state index in [1.165, 1.54) is 0 Å². The van der Waals surface area contributed by atoms with Gasteiger partial charge in [0, 0.05) is 25.1 Å². The van der Waals surface area contributed by atoms with E-state index in [0.29, 0.717) is 5.56 Å². The molecule has 0 fully saturated rings. The van der Waals surface area contributed by atoms with Gasteiger partial charge in [-0.15, -0.1) is 0 Å². The molecule has 0 saturated carbocycles. The van der Waals surface area contributed by atoms with Crippen molar-refractivity contribution in [3.05, 3.63) is 59.9 Å². The van der Waals surface area contributed by atoms with Crippen LogP contribution in [0.3, 0.4) is 0 Å². The Bertz CT molecular complexity index is 523. The van der Waals surface area contributed by atoms with Crippen LogP contribution in [0.15, 0.2) is 48.8 Å². The molecule has 17 heavy (non-hydrogen) atoms. The van der Waals surface area contributed by atoms with E-state index in [1.54, 1.807) is 24.3 Å². The van der Waals surface area contributed by atoms with Crippen LogP contribution in [0.4, 0.5) is 5.69 Å². The molecule has 0 unspecified atom stereocenters. The summed E-state index contributed by atoms with van der Waals surface area (Å²) in [7, 11) is 1.77. The average molecular weight is 226 g/mol. The third-order valence-corrected chi connectivity index (χ3v) is 2.72. The van der Waals surface area contributed by atoms with Gasteiger partial charge in [-0.3, -0.25) is 9.78 Å². The van der Waals surface area contributed by atoms with Crippen molar-refractivity contribution in [1.82, 2.24) is 4.98 Å². The number of benzene rings is 1. The molecule has 1 amide bonds. The molecule has 3 heteroatoms. The number of rotatable bonds is 2. The zero-order valence-corrected chi connectivity index (χ0v) is 9.92. The molecule has 0 saturated heterocycles. The molecular formula is C14H14N2O. The molecule has 2 aromatic rings. The van der Waals surface area contributed by atoms with E-state index in [1.807, 2.05) is 43.3 Å². The second-order valence-electron chi connectivity index (χ2n) is 3.89. The number of para-hydroxylation sites is 1. The lowest BCUT2D eigenvalue weighted by molar-refractivity contribution is 0.0992. The Morgan fingerprint density at radius 2 is 1.88 bits per heavy atom. The number of nitrogens with zero attached hydrogens (tertiary/aromatic N) is 2. The van der Waals surface area contributed by atoms with Crippen molar-refractivity contribution >= 4 is 11.6 Å². The van der Waals surface area contributed by atoms with E-state index in [2.05, 4.69) is 4.98 Å². The molecule has 1 aromatic heterocycles. The van der Waals surface area contributed by atoms with Crippen LogP contribution in [0.1, 0.15) is 15.9 Å². The molecule has 0 aliphatic heterocycles. The Morgan fingerprint density at radius 3 is 2.53 bits per heavy atom. The first-order valence-electron chi connectivity index (χ1n) is 5.44. The number of hydrogen-bond donors (Lipinski definition) is 0. The SMILES string of the molecule is Cc1ccncc1C(=O)N(C)c1ccccc1. The van der Waals surface area contributed by atoms with Crippen molar-refractivity contribution in [3.8, 4) is 0 Å². The molecule has 0 atom stereocenters. The number of anilines is 1. The van der Waals surface area contributed by atoms with E-state index in [0.717, 1.165) is 11.3 Å². The average Bonchev–Trinajstić information content (AvgIpc) is 2.39. The lowest BCUT2D eigenvalue weighted by atomic mass is 10.1. The first-order valence-corrected chi connectivity index (χ1v) is 5.44. The highest BCUT2D eigenvalue weighted by molar-refractivity contribution is 6.06. The number of pyridine rings is 1. The van der Waals surface area contributed by atoms with Crippen LogP contribution in [0.25, 0.3) is 0 Å². The third-order valence-electron chi connectivity index (χ3n) is 2.72. The van der Waals surface area contributed by atoms with Gasteiger partial charge < -0.3 is 4.90 Å². The summed E-state index contributed by atoms with van der Waals surface area (Å²) >= 11 is 0. The summed E-state index contributed by atoms with van der Waals surface area (Å²) in [6.07, 6.45) is 3.30. The Labute approximate surface area is 101 Å². The molecule has 0 bridgehead atoms. The maximum Gasteiger partial charge on any atom is 0.259 e.